The van der Waals surface area contributed by atoms with E-state index in [1.165, 1.54) is 0 Å². The van der Waals surface area contributed by atoms with E-state index in [1.54, 1.807) is 0 Å². The molecule has 0 aliphatic carbocycles. The molecule has 1 unspecified atom stereocenters. The highest BCUT2D eigenvalue weighted by Gasteiger charge is 2.21. The largest absolute Gasteiger partial charge is 0.466 e. The van der Waals surface area contributed by atoms with Gasteiger partial charge in [-0.2, -0.15) is 0 Å². The number of benzene rings is 1. The number of hydrogen-bond acceptors (Lipinski definition) is 2. The monoisotopic (exact) mass is 210 g/mol. The fraction of sp³-hybridized carbons (Fsp3) is 0.364. The Morgan fingerprint density at radius 1 is 1.43 bits per heavy atom. The Morgan fingerprint density at radius 2 is 2.29 bits per heavy atom. The van der Waals surface area contributed by atoms with Crippen molar-refractivity contribution in [2.45, 2.75) is 18.8 Å². The minimum absolute atomic E-state index is 0.110. The van der Waals surface area contributed by atoms with Gasteiger partial charge in [0.15, 0.2) is 0 Å². The van der Waals surface area contributed by atoms with Crippen LogP contribution >= 0.6 is 11.6 Å². The van der Waals surface area contributed by atoms with Gasteiger partial charge in [0, 0.05) is 5.02 Å². The number of halogens is 1. The SMILES string of the molecule is O=C1CC(c2cccc(Cl)c2)CCO1. The molecule has 0 saturated carbocycles. The van der Waals surface area contributed by atoms with Gasteiger partial charge in [-0.1, -0.05) is 23.7 Å². The molecule has 1 aromatic carbocycles. The molecule has 1 aliphatic rings. The lowest BCUT2D eigenvalue weighted by Gasteiger charge is -2.21. The van der Waals surface area contributed by atoms with Crippen molar-refractivity contribution in [1.82, 2.24) is 0 Å². The number of ether oxygens (including phenoxy) is 1. The first-order valence-electron chi connectivity index (χ1n) is 4.67. The summed E-state index contributed by atoms with van der Waals surface area (Å²) in [6, 6.07) is 7.68. The number of carbonyl (C=O) groups excluding carboxylic acids is 1. The predicted octanol–water partition coefficient (Wildman–Crippen LogP) is 2.76. The van der Waals surface area contributed by atoms with Gasteiger partial charge in [-0.15, -0.1) is 0 Å². The average Bonchev–Trinajstić information content (AvgIpc) is 2.18. The van der Waals surface area contributed by atoms with Gasteiger partial charge in [0.25, 0.3) is 0 Å². The summed E-state index contributed by atoms with van der Waals surface area (Å²) in [4.78, 5) is 11.1. The fourth-order valence-electron chi connectivity index (χ4n) is 1.72. The Labute approximate surface area is 87.8 Å². The van der Waals surface area contributed by atoms with Crippen LogP contribution in [0.2, 0.25) is 5.02 Å². The Bertz CT molecular complexity index is 349. The van der Waals surface area contributed by atoms with Crippen molar-refractivity contribution in [3.05, 3.63) is 34.9 Å². The van der Waals surface area contributed by atoms with E-state index in [0.717, 1.165) is 17.0 Å². The molecular weight excluding hydrogens is 200 g/mol. The molecule has 74 valence electrons. The molecule has 2 nitrogen and oxygen atoms in total. The zero-order valence-corrected chi connectivity index (χ0v) is 8.46. The molecular formula is C11H11ClO2. The van der Waals surface area contributed by atoms with Crippen LogP contribution in [0.5, 0.6) is 0 Å². The number of cyclic esters (lactones) is 1. The van der Waals surface area contributed by atoms with Crippen molar-refractivity contribution in [1.29, 1.82) is 0 Å². The van der Waals surface area contributed by atoms with E-state index < -0.39 is 0 Å². The van der Waals surface area contributed by atoms with Gasteiger partial charge in [-0.3, -0.25) is 4.79 Å². The van der Waals surface area contributed by atoms with Crippen LogP contribution in [-0.2, 0) is 9.53 Å². The maximum atomic E-state index is 11.1. The average molecular weight is 211 g/mol. The van der Waals surface area contributed by atoms with Crippen molar-refractivity contribution < 1.29 is 9.53 Å². The van der Waals surface area contributed by atoms with Crippen LogP contribution in [0.15, 0.2) is 24.3 Å². The highest BCUT2D eigenvalue weighted by atomic mass is 35.5. The quantitative estimate of drug-likeness (QED) is 0.667. The smallest absolute Gasteiger partial charge is 0.306 e. The van der Waals surface area contributed by atoms with Gasteiger partial charge < -0.3 is 4.74 Å². The van der Waals surface area contributed by atoms with Crippen molar-refractivity contribution >= 4 is 17.6 Å². The molecule has 0 aromatic heterocycles. The summed E-state index contributed by atoms with van der Waals surface area (Å²) in [5.41, 5.74) is 1.13. The molecule has 1 saturated heterocycles. The number of esters is 1. The van der Waals surface area contributed by atoms with E-state index in [9.17, 15) is 4.79 Å². The van der Waals surface area contributed by atoms with Gasteiger partial charge in [0.05, 0.1) is 13.0 Å². The second kappa shape index (κ2) is 4.01. The highest BCUT2D eigenvalue weighted by molar-refractivity contribution is 6.30. The molecule has 1 heterocycles. The molecule has 0 radical (unpaired) electrons. The van der Waals surface area contributed by atoms with Crippen molar-refractivity contribution in [3.8, 4) is 0 Å². The summed E-state index contributed by atoms with van der Waals surface area (Å²) >= 11 is 5.88. The summed E-state index contributed by atoms with van der Waals surface area (Å²) in [5, 5.41) is 0.724. The van der Waals surface area contributed by atoms with E-state index in [1.807, 2.05) is 24.3 Å². The van der Waals surface area contributed by atoms with Crippen LogP contribution in [-0.4, -0.2) is 12.6 Å². The maximum absolute atomic E-state index is 11.1. The lowest BCUT2D eigenvalue weighted by atomic mass is 9.91. The number of carbonyl (C=O) groups is 1. The van der Waals surface area contributed by atoms with Gasteiger partial charge >= 0.3 is 5.97 Å². The maximum Gasteiger partial charge on any atom is 0.306 e. The van der Waals surface area contributed by atoms with Crippen molar-refractivity contribution in [2.75, 3.05) is 6.61 Å². The first-order chi connectivity index (χ1) is 6.75. The first-order valence-corrected chi connectivity index (χ1v) is 5.04. The number of rotatable bonds is 1. The zero-order chi connectivity index (χ0) is 9.97. The molecule has 0 amide bonds. The molecule has 0 N–H and O–H groups in total. The zero-order valence-electron chi connectivity index (χ0n) is 7.70. The molecule has 1 atom stereocenters. The molecule has 2 rings (SSSR count). The molecule has 0 bridgehead atoms. The fourth-order valence-corrected chi connectivity index (χ4v) is 1.92. The second-order valence-electron chi connectivity index (χ2n) is 3.47. The van der Waals surface area contributed by atoms with Crippen LogP contribution in [0.25, 0.3) is 0 Å². The van der Waals surface area contributed by atoms with Crippen LogP contribution in [0, 0.1) is 0 Å². The third-order valence-electron chi connectivity index (χ3n) is 2.46. The third-order valence-corrected chi connectivity index (χ3v) is 2.70. The highest BCUT2D eigenvalue weighted by Crippen LogP contribution is 2.28. The summed E-state index contributed by atoms with van der Waals surface area (Å²) in [7, 11) is 0. The van der Waals surface area contributed by atoms with E-state index in [-0.39, 0.29) is 11.9 Å². The Morgan fingerprint density at radius 3 is 3.00 bits per heavy atom. The molecule has 0 spiro atoms. The summed E-state index contributed by atoms with van der Waals surface area (Å²) in [5.74, 6) is 0.163. The second-order valence-corrected chi connectivity index (χ2v) is 3.90. The Balaban J connectivity index is 2.17. The molecule has 1 aliphatic heterocycles. The van der Waals surface area contributed by atoms with Gasteiger partial charge in [0.1, 0.15) is 0 Å². The van der Waals surface area contributed by atoms with Gasteiger partial charge in [0.2, 0.25) is 0 Å². The normalized spacial score (nSPS) is 21.8. The molecule has 3 heteroatoms. The summed E-state index contributed by atoms with van der Waals surface area (Å²) in [6.07, 6.45) is 1.37. The molecule has 1 aromatic rings. The molecule has 14 heavy (non-hydrogen) atoms. The summed E-state index contributed by atoms with van der Waals surface area (Å²) in [6.45, 7) is 0.524. The van der Waals surface area contributed by atoms with Crippen LogP contribution in [0.3, 0.4) is 0 Å². The van der Waals surface area contributed by atoms with Crippen LogP contribution in [0.4, 0.5) is 0 Å². The third kappa shape index (κ3) is 2.07. The van der Waals surface area contributed by atoms with E-state index in [4.69, 9.17) is 16.3 Å². The van der Waals surface area contributed by atoms with Crippen LogP contribution in [0.1, 0.15) is 24.3 Å². The summed E-state index contributed by atoms with van der Waals surface area (Å²) < 4.78 is 4.89. The Hall–Kier alpha value is -1.02. The topological polar surface area (TPSA) is 26.3 Å². The lowest BCUT2D eigenvalue weighted by Crippen LogP contribution is -2.19. The van der Waals surface area contributed by atoms with E-state index in [2.05, 4.69) is 0 Å². The van der Waals surface area contributed by atoms with Gasteiger partial charge in [-0.05, 0) is 30.0 Å². The van der Waals surface area contributed by atoms with Gasteiger partial charge in [-0.25, -0.2) is 0 Å². The van der Waals surface area contributed by atoms with Crippen molar-refractivity contribution in [3.63, 3.8) is 0 Å². The minimum Gasteiger partial charge on any atom is -0.466 e. The Kier molecular flexibility index (Phi) is 2.73. The van der Waals surface area contributed by atoms with E-state index >= 15 is 0 Å². The van der Waals surface area contributed by atoms with E-state index in [0.29, 0.717) is 13.0 Å². The van der Waals surface area contributed by atoms with Crippen molar-refractivity contribution in [2.24, 2.45) is 0 Å². The number of hydrogen-bond donors (Lipinski definition) is 0. The minimum atomic E-state index is -0.110. The van der Waals surface area contributed by atoms with Crippen LogP contribution < -0.4 is 0 Å². The predicted molar refractivity (Wildman–Crippen MR) is 54.4 cm³/mol. The standard InChI is InChI=1S/C11H11ClO2/c12-10-3-1-2-8(6-10)9-4-5-14-11(13)7-9/h1-3,6,9H,4-5,7H2. The first kappa shape index (κ1) is 9.53. The lowest BCUT2D eigenvalue weighted by molar-refractivity contribution is -0.147. The molecule has 1 fully saturated rings.